The Labute approximate surface area is 96.3 Å². The summed E-state index contributed by atoms with van der Waals surface area (Å²) in [4.78, 5) is 0. The van der Waals surface area contributed by atoms with Crippen LogP contribution >= 0.6 is 11.6 Å². The molecule has 0 aliphatic rings. The first kappa shape index (κ1) is 12.2. The van der Waals surface area contributed by atoms with Crippen LogP contribution in [0, 0.1) is 0 Å². The van der Waals surface area contributed by atoms with Crippen molar-refractivity contribution in [3.63, 3.8) is 0 Å². The van der Waals surface area contributed by atoms with Crippen LogP contribution in [-0.4, -0.2) is 11.1 Å². The fourth-order valence-electron chi connectivity index (χ4n) is 1.46. The summed E-state index contributed by atoms with van der Waals surface area (Å²) < 4.78 is 0. The Bertz CT molecular complexity index is 314. The van der Waals surface area contributed by atoms with Crippen molar-refractivity contribution in [1.82, 2.24) is 0 Å². The molecule has 0 radical (unpaired) electrons. The second kappa shape index (κ2) is 5.86. The third-order valence-corrected chi connectivity index (χ3v) is 2.65. The third kappa shape index (κ3) is 4.00. The van der Waals surface area contributed by atoms with E-state index < -0.39 is 0 Å². The summed E-state index contributed by atoms with van der Waals surface area (Å²) in [6.45, 7) is 4.33. The van der Waals surface area contributed by atoms with Crippen LogP contribution in [0.1, 0.15) is 33.1 Å². The molecule has 0 aromatic heterocycles. The molecule has 15 heavy (non-hydrogen) atoms. The minimum absolute atomic E-state index is 0.128. The second-order valence-corrected chi connectivity index (χ2v) is 4.26. The third-order valence-electron chi connectivity index (χ3n) is 2.35. The van der Waals surface area contributed by atoms with Gasteiger partial charge in [0.1, 0.15) is 5.75 Å². The van der Waals surface area contributed by atoms with E-state index in [9.17, 15) is 5.11 Å². The van der Waals surface area contributed by atoms with Gasteiger partial charge in [0, 0.05) is 11.7 Å². The zero-order valence-corrected chi connectivity index (χ0v) is 10.0. The number of hydrogen-bond acceptors (Lipinski definition) is 2. The monoisotopic (exact) mass is 227 g/mol. The fraction of sp³-hybridized carbons (Fsp3) is 0.500. The molecule has 0 bridgehead atoms. The van der Waals surface area contributed by atoms with Gasteiger partial charge in [0.25, 0.3) is 0 Å². The van der Waals surface area contributed by atoms with Gasteiger partial charge in [-0.05, 0) is 31.5 Å². The number of phenols is 1. The quantitative estimate of drug-likeness (QED) is 0.745. The SMILES string of the molecule is CCCCC(C)Nc1ccc(O)c(Cl)c1. The Balaban J connectivity index is 2.53. The predicted octanol–water partition coefficient (Wildman–Crippen LogP) is 4.04. The number of aromatic hydroxyl groups is 1. The minimum atomic E-state index is 0.128. The summed E-state index contributed by atoms with van der Waals surface area (Å²) in [5.41, 5.74) is 0.960. The molecule has 0 saturated heterocycles. The van der Waals surface area contributed by atoms with Crippen molar-refractivity contribution in [2.45, 2.75) is 39.2 Å². The van der Waals surface area contributed by atoms with Gasteiger partial charge in [-0.15, -0.1) is 0 Å². The maximum atomic E-state index is 9.26. The fourth-order valence-corrected chi connectivity index (χ4v) is 1.64. The number of anilines is 1. The van der Waals surface area contributed by atoms with Gasteiger partial charge in [-0.3, -0.25) is 0 Å². The van der Waals surface area contributed by atoms with Crippen molar-refractivity contribution in [1.29, 1.82) is 0 Å². The summed E-state index contributed by atoms with van der Waals surface area (Å²) in [6.07, 6.45) is 3.58. The molecule has 0 heterocycles. The van der Waals surface area contributed by atoms with E-state index in [0.29, 0.717) is 11.1 Å². The Morgan fingerprint density at radius 2 is 2.20 bits per heavy atom. The maximum Gasteiger partial charge on any atom is 0.134 e. The van der Waals surface area contributed by atoms with Gasteiger partial charge in [-0.25, -0.2) is 0 Å². The topological polar surface area (TPSA) is 32.3 Å². The van der Waals surface area contributed by atoms with E-state index in [0.717, 1.165) is 12.1 Å². The van der Waals surface area contributed by atoms with E-state index in [1.807, 2.05) is 6.07 Å². The lowest BCUT2D eigenvalue weighted by Crippen LogP contribution is -2.14. The van der Waals surface area contributed by atoms with Gasteiger partial charge >= 0.3 is 0 Å². The molecule has 2 N–H and O–H groups in total. The molecule has 1 rings (SSSR count). The van der Waals surface area contributed by atoms with Crippen molar-refractivity contribution in [3.8, 4) is 5.75 Å². The van der Waals surface area contributed by atoms with E-state index >= 15 is 0 Å². The van der Waals surface area contributed by atoms with E-state index in [-0.39, 0.29) is 5.75 Å². The van der Waals surface area contributed by atoms with Crippen LogP contribution in [0.3, 0.4) is 0 Å². The first-order valence-corrected chi connectivity index (χ1v) is 5.76. The zero-order chi connectivity index (χ0) is 11.3. The molecule has 1 atom stereocenters. The van der Waals surface area contributed by atoms with Gasteiger partial charge < -0.3 is 10.4 Å². The maximum absolute atomic E-state index is 9.26. The first-order valence-electron chi connectivity index (χ1n) is 5.38. The van der Waals surface area contributed by atoms with Crippen LogP contribution in [0.2, 0.25) is 5.02 Å². The van der Waals surface area contributed by atoms with Gasteiger partial charge in [0.2, 0.25) is 0 Å². The van der Waals surface area contributed by atoms with E-state index in [4.69, 9.17) is 11.6 Å². The van der Waals surface area contributed by atoms with Gasteiger partial charge in [-0.2, -0.15) is 0 Å². The van der Waals surface area contributed by atoms with E-state index in [1.165, 1.54) is 12.8 Å². The van der Waals surface area contributed by atoms with Crippen LogP contribution in [0.5, 0.6) is 5.75 Å². The molecular weight excluding hydrogens is 210 g/mol. The predicted molar refractivity (Wildman–Crippen MR) is 65.7 cm³/mol. The molecule has 0 aliphatic carbocycles. The molecular formula is C12H18ClNO. The number of hydrogen-bond donors (Lipinski definition) is 2. The van der Waals surface area contributed by atoms with Crippen molar-refractivity contribution in [2.75, 3.05) is 5.32 Å². The van der Waals surface area contributed by atoms with Crippen LogP contribution < -0.4 is 5.32 Å². The summed E-state index contributed by atoms with van der Waals surface area (Å²) in [5.74, 6) is 0.128. The molecule has 1 aromatic rings. The minimum Gasteiger partial charge on any atom is -0.506 e. The van der Waals surface area contributed by atoms with Crippen molar-refractivity contribution < 1.29 is 5.11 Å². The normalized spacial score (nSPS) is 12.5. The summed E-state index contributed by atoms with van der Waals surface area (Å²) in [5, 5.41) is 13.0. The van der Waals surface area contributed by atoms with Gasteiger partial charge in [-0.1, -0.05) is 31.4 Å². The highest BCUT2D eigenvalue weighted by atomic mass is 35.5. The zero-order valence-electron chi connectivity index (χ0n) is 9.26. The van der Waals surface area contributed by atoms with Crippen LogP contribution in [0.15, 0.2) is 18.2 Å². The summed E-state index contributed by atoms with van der Waals surface area (Å²) in [6, 6.07) is 5.63. The largest absolute Gasteiger partial charge is 0.506 e. The number of rotatable bonds is 5. The molecule has 0 fully saturated rings. The number of nitrogens with one attached hydrogen (secondary N) is 1. The van der Waals surface area contributed by atoms with Crippen molar-refractivity contribution in [2.24, 2.45) is 0 Å². The number of benzene rings is 1. The Morgan fingerprint density at radius 1 is 1.47 bits per heavy atom. The summed E-state index contributed by atoms with van der Waals surface area (Å²) >= 11 is 5.81. The smallest absolute Gasteiger partial charge is 0.134 e. The molecule has 0 amide bonds. The Hall–Kier alpha value is -0.890. The van der Waals surface area contributed by atoms with Crippen molar-refractivity contribution in [3.05, 3.63) is 23.2 Å². The molecule has 2 nitrogen and oxygen atoms in total. The van der Waals surface area contributed by atoms with E-state index in [2.05, 4.69) is 19.2 Å². The lowest BCUT2D eigenvalue weighted by atomic mass is 10.1. The molecule has 3 heteroatoms. The number of halogens is 1. The van der Waals surface area contributed by atoms with Crippen molar-refractivity contribution >= 4 is 17.3 Å². The summed E-state index contributed by atoms with van der Waals surface area (Å²) in [7, 11) is 0. The molecule has 0 spiro atoms. The van der Waals surface area contributed by atoms with Crippen LogP contribution in [0.4, 0.5) is 5.69 Å². The average molecular weight is 228 g/mol. The number of phenolic OH excluding ortho intramolecular Hbond substituents is 1. The highest BCUT2D eigenvalue weighted by molar-refractivity contribution is 6.32. The number of unbranched alkanes of at least 4 members (excludes halogenated alkanes) is 1. The second-order valence-electron chi connectivity index (χ2n) is 3.85. The molecule has 0 saturated carbocycles. The lowest BCUT2D eigenvalue weighted by Gasteiger charge is -2.15. The van der Waals surface area contributed by atoms with Gasteiger partial charge in [0.15, 0.2) is 0 Å². The first-order chi connectivity index (χ1) is 7.13. The van der Waals surface area contributed by atoms with Crippen LogP contribution in [-0.2, 0) is 0 Å². The molecule has 1 aromatic carbocycles. The van der Waals surface area contributed by atoms with Gasteiger partial charge in [0.05, 0.1) is 5.02 Å². The average Bonchev–Trinajstić information content (AvgIpc) is 2.20. The molecule has 0 aliphatic heterocycles. The van der Waals surface area contributed by atoms with E-state index in [1.54, 1.807) is 12.1 Å². The highest BCUT2D eigenvalue weighted by Crippen LogP contribution is 2.26. The molecule has 1 unspecified atom stereocenters. The highest BCUT2D eigenvalue weighted by Gasteiger charge is 2.03. The van der Waals surface area contributed by atoms with Crippen LogP contribution in [0.25, 0.3) is 0 Å². The molecule has 84 valence electrons. The Kier molecular flexibility index (Phi) is 4.76. The standard InChI is InChI=1S/C12H18ClNO/c1-3-4-5-9(2)14-10-6-7-12(15)11(13)8-10/h6-9,14-15H,3-5H2,1-2H3. The lowest BCUT2D eigenvalue weighted by molar-refractivity contribution is 0.475. The Morgan fingerprint density at radius 3 is 2.80 bits per heavy atom.